The molecule has 6 nitrogen and oxygen atoms in total. The molecule has 3 aromatic carbocycles. The van der Waals surface area contributed by atoms with Crippen LogP contribution < -0.4 is 10.5 Å². The molecule has 2 fully saturated rings. The summed E-state index contributed by atoms with van der Waals surface area (Å²) >= 11 is 0. The van der Waals surface area contributed by atoms with Crippen molar-refractivity contribution < 1.29 is 19.1 Å². The van der Waals surface area contributed by atoms with E-state index in [1.165, 1.54) is 18.2 Å². The summed E-state index contributed by atoms with van der Waals surface area (Å²) in [4.78, 5) is 29.7. The second-order valence-electron chi connectivity index (χ2n) is 10.7. The van der Waals surface area contributed by atoms with E-state index in [9.17, 15) is 9.59 Å². The van der Waals surface area contributed by atoms with Gasteiger partial charge in [0.05, 0.1) is 19.6 Å². The largest absolute Gasteiger partial charge is 0.496 e. The molecule has 194 valence electrons. The number of carbonyl (C=O) groups excluding carboxylic acids is 2. The summed E-state index contributed by atoms with van der Waals surface area (Å²) in [5.74, 6) is -0.0795. The fourth-order valence-corrected chi connectivity index (χ4v) is 7.80. The van der Waals surface area contributed by atoms with Crippen LogP contribution in [0.2, 0.25) is 0 Å². The van der Waals surface area contributed by atoms with Crippen LogP contribution in [0.15, 0.2) is 79.4 Å². The van der Waals surface area contributed by atoms with Crippen LogP contribution in [0.5, 0.6) is 5.75 Å². The number of esters is 1. The summed E-state index contributed by atoms with van der Waals surface area (Å²) in [5.41, 5.74) is 10.1. The quantitative estimate of drug-likeness (QED) is 0.305. The lowest BCUT2D eigenvalue weighted by Gasteiger charge is -2.59. The monoisotopic (exact) mass is 508 g/mol. The van der Waals surface area contributed by atoms with Gasteiger partial charge in [0.15, 0.2) is 0 Å². The van der Waals surface area contributed by atoms with Gasteiger partial charge in [-0.1, -0.05) is 61.2 Å². The molecule has 2 bridgehead atoms. The topological polar surface area (TPSA) is 81.9 Å². The van der Waals surface area contributed by atoms with Gasteiger partial charge in [-0.3, -0.25) is 9.59 Å². The summed E-state index contributed by atoms with van der Waals surface area (Å²) in [6.45, 7) is 4.86. The summed E-state index contributed by atoms with van der Waals surface area (Å²) in [7, 11) is 3.03. The first-order chi connectivity index (χ1) is 18.4. The molecule has 6 heteroatoms. The number of nitrogens with zero attached hydrogens (tertiary/aromatic N) is 1. The molecule has 3 aromatic rings. The number of nitrogen functional groups attached to an aromatic ring is 1. The predicted octanol–water partition coefficient (Wildman–Crippen LogP) is 4.79. The maximum absolute atomic E-state index is 14.0. The highest BCUT2D eigenvalue weighted by molar-refractivity contribution is 6.19. The van der Waals surface area contributed by atoms with Crippen molar-refractivity contribution in [3.63, 3.8) is 0 Å². The lowest BCUT2D eigenvalue weighted by Crippen LogP contribution is -2.60. The van der Waals surface area contributed by atoms with Gasteiger partial charge in [0.25, 0.3) is 5.91 Å². The minimum absolute atomic E-state index is 0.0450. The molecule has 38 heavy (non-hydrogen) atoms. The number of anilines is 1. The van der Waals surface area contributed by atoms with Crippen molar-refractivity contribution in [1.29, 1.82) is 0 Å². The average Bonchev–Trinajstić information content (AvgIpc) is 3.40. The van der Waals surface area contributed by atoms with Gasteiger partial charge in [0.2, 0.25) is 0 Å². The maximum atomic E-state index is 14.0. The summed E-state index contributed by atoms with van der Waals surface area (Å²) in [5, 5.41) is 0. The van der Waals surface area contributed by atoms with Crippen molar-refractivity contribution in [2.45, 2.75) is 24.2 Å². The Morgan fingerprint density at radius 3 is 2.55 bits per heavy atom. The second-order valence-corrected chi connectivity index (χ2v) is 10.7. The molecular formula is C32H32N2O4. The molecule has 1 saturated carbocycles. The van der Waals surface area contributed by atoms with Crippen LogP contribution >= 0.6 is 0 Å². The van der Waals surface area contributed by atoms with Gasteiger partial charge in [0.1, 0.15) is 5.75 Å². The van der Waals surface area contributed by atoms with Gasteiger partial charge >= 0.3 is 5.97 Å². The second kappa shape index (κ2) is 8.76. The number of hydrogen-bond acceptors (Lipinski definition) is 5. The lowest BCUT2D eigenvalue weighted by atomic mass is 9.42. The Balaban J connectivity index is 1.51. The smallest absolute Gasteiger partial charge is 0.314 e. The number of carbonyl (C=O) groups is 2. The SMILES string of the molecule is C=C(C(=O)N1CC2C3(c4cccc(N)c4)CCC(c4ccccc43)C2(C(=O)OC)C1)c1ccccc1OC. The lowest BCUT2D eigenvalue weighted by molar-refractivity contribution is -0.161. The van der Waals surface area contributed by atoms with Crippen molar-refractivity contribution in [3.05, 3.63) is 102 Å². The van der Waals surface area contributed by atoms with Gasteiger partial charge in [-0.2, -0.15) is 0 Å². The van der Waals surface area contributed by atoms with E-state index in [0.29, 0.717) is 29.1 Å². The Morgan fingerprint density at radius 2 is 1.79 bits per heavy atom. The fourth-order valence-electron chi connectivity index (χ4n) is 7.80. The van der Waals surface area contributed by atoms with Crippen molar-refractivity contribution in [2.24, 2.45) is 11.3 Å². The van der Waals surface area contributed by atoms with Crippen LogP contribution in [0.1, 0.15) is 41.0 Å². The van der Waals surface area contributed by atoms with Crippen molar-refractivity contribution in [2.75, 3.05) is 33.0 Å². The molecule has 3 aliphatic carbocycles. The normalized spacial score (nSPS) is 26.8. The van der Waals surface area contributed by atoms with Crippen LogP contribution in [0.25, 0.3) is 5.57 Å². The highest BCUT2D eigenvalue weighted by Gasteiger charge is 2.71. The number of ether oxygens (including phenoxy) is 2. The Kier molecular flexibility index (Phi) is 5.60. The van der Waals surface area contributed by atoms with Crippen LogP contribution in [-0.4, -0.2) is 44.1 Å². The van der Waals surface area contributed by atoms with E-state index in [1.807, 2.05) is 53.4 Å². The number of likely N-dealkylation sites (tertiary alicyclic amines) is 1. The zero-order valence-electron chi connectivity index (χ0n) is 21.8. The minimum atomic E-state index is -0.872. The third-order valence-electron chi connectivity index (χ3n) is 9.28. The van der Waals surface area contributed by atoms with Gasteiger partial charge in [-0.05, 0) is 47.7 Å². The van der Waals surface area contributed by atoms with E-state index in [1.54, 1.807) is 7.11 Å². The molecule has 0 aromatic heterocycles. The van der Waals surface area contributed by atoms with Crippen molar-refractivity contribution >= 4 is 23.1 Å². The van der Waals surface area contributed by atoms with Crippen LogP contribution in [0, 0.1) is 11.3 Å². The number of amides is 1. The van der Waals surface area contributed by atoms with Gasteiger partial charge in [-0.25, -0.2) is 0 Å². The number of fused-ring (bicyclic) bond motifs is 1. The molecule has 1 heterocycles. The summed E-state index contributed by atoms with van der Waals surface area (Å²) in [6.07, 6.45) is 1.70. The zero-order valence-corrected chi connectivity index (χ0v) is 21.8. The number of rotatable bonds is 5. The van der Waals surface area contributed by atoms with E-state index in [2.05, 4.69) is 30.8 Å². The first kappa shape index (κ1) is 24.3. The van der Waals surface area contributed by atoms with Crippen LogP contribution in [0.4, 0.5) is 5.69 Å². The third kappa shape index (κ3) is 3.12. The molecular weight excluding hydrogens is 476 g/mol. The molecule has 2 N–H and O–H groups in total. The molecule has 0 radical (unpaired) electrons. The zero-order chi connectivity index (χ0) is 26.7. The number of nitrogens with two attached hydrogens (primary N) is 1. The van der Waals surface area contributed by atoms with E-state index < -0.39 is 10.8 Å². The molecule has 4 atom stereocenters. The number of benzene rings is 3. The Labute approximate surface area is 223 Å². The van der Waals surface area contributed by atoms with E-state index in [-0.39, 0.29) is 30.3 Å². The standard InChI is InChI=1S/C32H32N2O4/c1-20(23-11-5-7-14-27(23)37-2)29(35)34-18-28-31(21-9-8-10-22(33)17-21)16-15-26(24-12-4-6-13-25(24)31)32(28,19-34)30(36)38-3/h4-14,17,26,28H,1,15-16,18-19,33H2,2-3H3. The molecule has 4 aliphatic rings. The summed E-state index contributed by atoms with van der Waals surface area (Å²) in [6, 6.07) is 23.8. The molecule has 7 rings (SSSR count). The summed E-state index contributed by atoms with van der Waals surface area (Å²) < 4.78 is 11.0. The maximum Gasteiger partial charge on any atom is 0.314 e. The van der Waals surface area contributed by atoms with Crippen LogP contribution in [0.3, 0.4) is 0 Å². The van der Waals surface area contributed by atoms with Gasteiger partial charge in [0, 0.05) is 47.2 Å². The van der Waals surface area contributed by atoms with Gasteiger partial charge in [-0.15, -0.1) is 0 Å². The Morgan fingerprint density at radius 1 is 1.03 bits per heavy atom. The van der Waals surface area contributed by atoms with E-state index in [4.69, 9.17) is 15.2 Å². The molecule has 1 amide bonds. The number of para-hydroxylation sites is 1. The molecule has 0 spiro atoms. The predicted molar refractivity (Wildman–Crippen MR) is 147 cm³/mol. The van der Waals surface area contributed by atoms with Gasteiger partial charge < -0.3 is 20.1 Å². The first-order valence-electron chi connectivity index (χ1n) is 13.0. The Hall–Kier alpha value is -4.06. The highest BCUT2D eigenvalue weighted by Crippen LogP contribution is 2.69. The first-order valence-corrected chi connectivity index (χ1v) is 13.0. The third-order valence-corrected chi connectivity index (χ3v) is 9.28. The molecule has 1 aliphatic heterocycles. The van der Waals surface area contributed by atoms with Crippen molar-refractivity contribution in [1.82, 2.24) is 4.90 Å². The van der Waals surface area contributed by atoms with Crippen LogP contribution in [-0.2, 0) is 19.7 Å². The molecule has 4 unspecified atom stereocenters. The highest BCUT2D eigenvalue weighted by atomic mass is 16.5. The Bertz CT molecular complexity index is 1470. The number of methoxy groups -OCH3 is 2. The van der Waals surface area contributed by atoms with Crippen molar-refractivity contribution in [3.8, 4) is 5.75 Å². The fraction of sp³-hybridized carbons (Fsp3) is 0.312. The average molecular weight is 509 g/mol. The van der Waals surface area contributed by atoms with E-state index in [0.717, 1.165) is 18.4 Å². The van der Waals surface area contributed by atoms with E-state index >= 15 is 0 Å². The molecule has 1 saturated heterocycles. The minimum Gasteiger partial charge on any atom is -0.496 e. The number of hydrogen-bond donors (Lipinski definition) is 1.